The highest BCUT2D eigenvalue weighted by atomic mass is 16.2. The zero-order valence-corrected chi connectivity index (χ0v) is 7.86. The van der Waals surface area contributed by atoms with Crippen LogP contribution >= 0.6 is 0 Å². The molecule has 2 aliphatic heterocycles. The molecule has 0 aliphatic carbocycles. The average Bonchev–Trinajstić information content (AvgIpc) is 2.88. The molecular weight excluding hydrogens is 176 g/mol. The molecule has 3 nitrogen and oxygen atoms in total. The zero-order chi connectivity index (χ0) is 9.60. The lowest BCUT2D eigenvalue weighted by Gasteiger charge is -2.21. The van der Waals surface area contributed by atoms with Gasteiger partial charge in [-0.1, -0.05) is 30.3 Å². The van der Waals surface area contributed by atoms with Crippen LogP contribution in [0.25, 0.3) is 0 Å². The number of carbonyl (C=O) groups excluding carboxylic acids is 1. The Kier molecular flexibility index (Phi) is 1.47. The molecule has 1 aromatic rings. The quantitative estimate of drug-likeness (QED) is 0.644. The van der Waals surface area contributed by atoms with E-state index in [1.54, 1.807) is 0 Å². The van der Waals surface area contributed by atoms with E-state index in [2.05, 4.69) is 5.32 Å². The zero-order valence-electron chi connectivity index (χ0n) is 7.86. The molecule has 0 spiro atoms. The largest absolute Gasteiger partial charge is 0.319 e. The lowest BCUT2D eigenvalue weighted by Crippen LogP contribution is -2.40. The van der Waals surface area contributed by atoms with Gasteiger partial charge >= 0.3 is 0 Å². The first kappa shape index (κ1) is 8.00. The van der Waals surface area contributed by atoms with Crippen LogP contribution in [0.15, 0.2) is 30.3 Å². The van der Waals surface area contributed by atoms with Gasteiger partial charge in [0, 0.05) is 19.6 Å². The van der Waals surface area contributed by atoms with E-state index in [1.807, 2.05) is 35.2 Å². The molecule has 2 saturated heterocycles. The van der Waals surface area contributed by atoms with Crippen LogP contribution in [0.1, 0.15) is 5.56 Å². The molecule has 1 aromatic carbocycles. The summed E-state index contributed by atoms with van der Waals surface area (Å²) in [5.74, 6) is 0.272. The van der Waals surface area contributed by atoms with Crippen LogP contribution in [-0.2, 0) is 10.3 Å². The van der Waals surface area contributed by atoms with E-state index in [4.69, 9.17) is 0 Å². The van der Waals surface area contributed by atoms with Crippen LogP contribution in [0.4, 0.5) is 0 Å². The van der Waals surface area contributed by atoms with Crippen molar-refractivity contribution in [3.8, 4) is 0 Å². The third-order valence-electron chi connectivity index (χ3n) is 3.15. The minimum Gasteiger partial charge on any atom is -0.319 e. The number of piperazine rings is 1. The van der Waals surface area contributed by atoms with Gasteiger partial charge in [-0.05, 0) is 5.56 Å². The van der Waals surface area contributed by atoms with E-state index in [-0.39, 0.29) is 11.4 Å². The van der Waals surface area contributed by atoms with Gasteiger partial charge in [-0.25, -0.2) is 0 Å². The van der Waals surface area contributed by atoms with Gasteiger partial charge in [0.1, 0.15) is 0 Å². The van der Waals surface area contributed by atoms with Crippen molar-refractivity contribution in [2.75, 3.05) is 19.6 Å². The van der Waals surface area contributed by atoms with Crippen molar-refractivity contribution in [1.29, 1.82) is 0 Å². The van der Waals surface area contributed by atoms with Gasteiger partial charge in [0.05, 0.1) is 0 Å². The molecule has 3 rings (SSSR count). The summed E-state index contributed by atoms with van der Waals surface area (Å²) in [6.07, 6.45) is 0. The molecule has 1 amide bonds. The van der Waals surface area contributed by atoms with Crippen molar-refractivity contribution in [2.45, 2.75) is 5.54 Å². The molecule has 0 saturated carbocycles. The van der Waals surface area contributed by atoms with Crippen LogP contribution in [0.3, 0.4) is 0 Å². The fourth-order valence-electron chi connectivity index (χ4n) is 2.33. The van der Waals surface area contributed by atoms with Crippen LogP contribution in [0, 0.1) is 0 Å². The molecule has 3 heteroatoms. The van der Waals surface area contributed by atoms with E-state index < -0.39 is 0 Å². The molecular formula is C11H12N2O. The van der Waals surface area contributed by atoms with E-state index in [0.717, 1.165) is 25.2 Å². The Morgan fingerprint density at radius 2 is 2.07 bits per heavy atom. The highest BCUT2D eigenvalue weighted by molar-refractivity contribution is 6.03. The molecule has 1 N–H and O–H groups in total. The number of benzene rings is 1. The Morgan fingerprint density at radius 1 is 1.29 bits per heavy atom. The maximum Gasteiger partial charge on any atom is 0.255 e. The summed E-state index contributed by atoms with van der Waals surface area (Å²) < 4.78 is 0. The lowest BCUT2D eigenvalue weighted by atomic mass is 9.98. The molecule has 2 fully saturated rings. The van der Waals surface area contributed by atoms with Crippen molar-refractivity contribution in [2.24, 2.45) is 0 Å². The second-order valence-corrected chi connectivity index (χ2v) is 3.86. The van der Waals surface area contributed by atoms with Crippen LogP contribution < -0.4 is 5.32 Å². The van der Waals surface area contributed by atoms with E-state index in [0.29, 0.717) is 0 Å². The highest BCUT2D eigenvalue weighted by Crippen LogP contribution is 2.44. The summed E-state index contributed by atoms with van der Waals surface area (Å²) in [7, 11) is 0. The minimum absolute atomic E-state index is 0.272. The van der Waals surface area contributed by atoms with Crippen molar-refractivity contribution in [3.63, 3.8) is 0 Å². The fourth-order valence-corrected chi connectivity index (χ4v) is 2.33. The number of nitrogens with one attached hydrogen (secondary N) is 1. The topological polar surface area (TPSA) is 32.1 Å². The first-order valence-corrected chi connectivity index (χ1v) is 4.94. The molecule has 72 valence electrons. The fraction of sp³-hybridized carbons (Fsp3) is 0.364. The van der Waals surface area contributed by atoms with Gasteiger partial charge in [0.15, 0.2) is 5.54 Å². The van der Waals surface area contributed by atoms with E-state index >= 15 is 0 Å². The van der Waals surface area contributed by atoms with Crippen molar-refractivity contribution < 1.29 is 4.79 Å². The first-order valence-electron chi connectivity index (χ1n) is 4.94. The summed E-state index contributed by atoms with van der Waals surface area (Å²) in [4.78, 5) is 13.7. The number of fused-ring (bicyclic) bond motifs is 1. The summed E-state index contributed by atoms with van der Waals surface area (Å²) in [6.45, 7) is 2.52. The molecule has 1 unspecified atom stereocenters. The Hall–Kier alpha value is -1.35. The number of nitrogens with zero attached hydrogens (tertiary/aromatic N) is 1. The number of rotatable bonds is 1. The molecule has 2 heterocycles. The number of amides is 1. The van der Waals surface area contributed by atoms with Crippen LogP contribution in [0.2, 0.25) is 0 Å². The second-order valence-electron chi connectivity index (χ2n) is 3.86. The Labute approximate surface area is 82.7 Å². The van der Waals surface area contributed by atoms with Gasteiger partial charge in [-0.15, -0.1) is 0 Å². The maximum atomic E-state index is 11.7. The standard InChI is InChI=1S/C11H12N2O/c14-10-11(8-12-6-7-13(10)11)9-4-2-1-3-5-9/h1-5,12H,6-8H2. The smallest absolute Gasteiger partial charge is 0.255 e. The van der Waals surface area contributed by atoms with Crippen molar-refractivity contribution in [1.82, 2.24) is 10.2 Å². The monoisotopic (exact) mass is 188 g/mol. The number of hydrogen-bond acceptors (Lipinski definition) is 2. The van der Waals surface area contributed by atoms with E-state index in [9.17, 15) is 4.79 Å². The third-order valence-corrected chi connectivity index (χ3v) is 3.15. The molecule has 2 aliphatic rings. The predicted octanol–water partition coefficient (Wildman–Crippen LogP) is 0.327. The Balaban J connectivity index is 2.02. The molecule has 0 aromatic heterocycles. The maximum absolute atomic E-state index is 11.7. The van der Waals surface area contributed by atoms with Crippen molar-refractivity contribution in [3.05, 3.63) is 35.9 Å². The SMILES string of the molecule is O=C1N2CCNCC12c1ccccc1. The van der Waals surface area contributed by atoms with Gasteiger partial charge < -0.3 is 10.2 Å². The van der Waals surface area contributed by atoms with Gasteiger partial charge in [0.25, 0.3) is 5.91 Å². The highest BCUT2D eigenvalue weighted by Gasteiger charge is 2.64. The molecule has 14 heavy (non-hydrogen) atoms. The molecule has 1 atom stereocenters. The summed E-state index contributed by atoms with van der Waals surface area (Å²) in [5, 5.41) is 3.28. The summed E-state index contributed by atoms with van der Waals surface area (Å²) >= 11 is 0. The first-order chi connectivity index (χ1) is 6.86. The van der Waals surface area contributed by atoms with Crippen LogP contribution in [-0.4, -0.2) is 30.4 Å². The van der Waals surface area contributed by atoms with Gasteiger partial charge in [-0.3, -0.25) is 4.79 Å². The normalized spacial score (nSPS) is 30.0. The van der Waals surface area contributed by atoms with Crippen molar-refractivity contribution >= 4 is 5.91 Å². The number of hydrogen-bond donors (Lipinski definition) is 1. The molecule has 0 bridgehead atoms. The van der Waals surface area contributed by atoms with Gasteiger partial charge in [-0.2, -0.15) is 0 Å². The average molecular weight is 188 g/mol. The third kappa shape index (κ3) is 0.826. The predicted molar refractivity (Wildman–Crippen MR) is 52.7 cm³/mol. The van der Waals surface area contributed by atoms with E-state index in [1.165, 1.54) is 0 Å². The summed E-state index contributed by atoms with van der Waals surface area (Å²) in [6, 6.07) is 10.0. The minimum atomic E-state index is -0.320. The second kappa shape index (κ2) is 2.58. The molecule has 0 radical (unpaired) electrons. The van der Waals surface area contributed by atoms with Crippen LogP contribution in [0.5, 0.6) is 0 Å². The van der Waals surface area contributed by atoms with Gasteiger partial charge in [0.2, 0.25) is 0 Å². The summed E-state index contributed by atoms with van der Waals surface area (Å²) in [5.41, 5.74) is 0.802. The number of carbonyl (C=O) groups is 1. The Bertz CT molecular complexity index is 376. The lowest BCUT2D eigenvalue weighted by molar-refractivity contribution is -0.114. The Morgan fingerprint density at radius 3 is 2.79 bits per heavy atom.